The summed E-state index contributed by atoms with van der Waals surface area (Å²) in [5.74, 6) is 3.51. The largest absolute Gasteiger partial charge is 0.377 e. The summed E-state index contributed by atoms with van der Waals surface area (Å²) >= 11 is 0. The summed E-state index contributed by atoms with van der Waals surface area (Å²) in [7, 11) is 1.86. The van der Waals surface area contributed by atoms with E-state index >= 15 is 0 Å². The average Bonchev–Trinajstić information content (AvgIpc) is 3.15. The van der Waals surface area contributed by atoms with Crippen molar-refractivity contribution in [3.63, 3.8) is 0 Å². The number of hydrogen-bond donors (Lipinski definition) is 0. The van der Waals surface area contributed by atoms with Crippen LogP contribution < -0.4 is 0 Å². The number of rotatable bonds is 7. The molecule has 4 fully saturated rings. The van der Waals surface area contributed by atoms with Crippen molar-refractivity contribution < 1.29 is 4.74 Å². The first kappa shape index (κ1) is 22.6. The number of allylic oxidation sites excluding steroid dienone is 2. The average molecular weight is 413 g/mol. The van der Waals surface area contributed by atoms with Gasteiger partial charge in [0.15, 0.2) is 0 Å². The van der Waals surface area contributed by atoms with Gasteiger partial charge in [-0.3, -0.25) is 0 Å². The molecule has 0 aromatic rings. The molecule has 0 radical (unpaired) electrons. The minimum Gasteiger partial charge on any atom is -0.377 e. The maximum Gasteiger partial charge on any atom is 0.0787 e. The molecular formula is C29H48O. The molecule has 30 heavy (non-hydrogen) atoms. The van der Waals surface area contributed by atoms with Crippen LogP contribution in [0.2, 0.25) is 0 Å². The van der Waals surface area contributed by atoms with Crippen LogP contribution in [0, 0.1) is 39.9 Å². The van der Waals surface area contributed by atoms with Crippen molar-refractivity contribution in [1.29, 1.82) is 0 Å². The van der Waals surface area contributed by atoms with E-state index in [-0.39, 0.29) is 0 Å². The Bertz CT molecular complexity index is 681. The van der Waals surface area contributed by atoms with E-state index in [0.717, 1.165) is 23.7 Å². The third-order valence-electron chi connectivity index (χ3n) is 10.1. The minimum absolute atomic E-state index is 0.323. The van der Waals surface area contributed by atoms with E-state index < -0.39 is 0 Å². The van der Waals surface area contributed by atoms with Gasteiger partial charge in [0.05, 0.1) is 6.10 Å². The fraction of sp³-hybridized carbons (Fsp3) is 0.862. The maximum atomic E-state index is 5.70. The molecular weight excluding hydrogens is 364 g/mol. The van der Waals surface area contributed by atoms with Gasteiger partial charge in [0.25, 0.3) is 0 Å². The zero-order valence-electron chi connectivity index (χ0n) is 20.9. The Kier molecular flexibility index (Phi) is 6.10. The van der Waals surface area contributed by atoms with E-state index in [1.54, 1.807) is 0 Å². The monoisotopic (exact) mass is 412 g/mol. The van der Waals surface area contributed by atoms with Gasteiger partial charge in [-0.05, 0) is 97.9 Å². The van der Waals surface area contributed by atoms with Gasteiger partial charge >= 0.3 is 0 Å². The normalized spacial score (nSPS) is 43.0. The molecule has 4 aliphatic rings. The second-order valence-corrected chi connectivity index (χ2v) is 13.1. The first-order valence-electron chi connectivity index (χ1n) is 13.0. The SMILES string of the molecule is C=C1C(OC)CC2CC12C/C=C1\CCCC2(C)C1CCC2C(C)CCCC(C)(C)C. The molecule has 0 amide bonds. The summed E-state index contributed by atoms with van der Waals surface area (Å²) in [4.78, 5) is 0. The topological polar surface area (TPSA) is 9.23 Å². The number of ether oxygens (including phenoxy) is 1. The van der Waals surface area contributed by atoms with Gasteiger partial charge in [-0.15, -0.1) is 0 Å². The summed E-state index contributed by atoms with van der Waals surface area (Å²) in [5, 5.41) is 0. The van der Waals surface area contributed by atoms with Crippen molar-refractivity contribution in [1.82, 2.24) is 0 Å². The van der Waals surface area contributed by atoms with Gasteiger partial charge in [0, 0.05) is 12.5 Å². The molecule has 0 aliphatic heterocycles. The van der Waals surface area contributed by atoms with Crippen LogP contribution in [0.3, 0.4) is 0 Å². The Morgan fingerprint density at radius 3 is 2.70 bits per heavy atom. The summed E-state index contributed by atoms with van der Waals surface area (Å²) < 4.78 is 5.70. The number of hydrogen-bond acceptors (Lipinski definition) is 1. The van der Waals surface area contributed by atoms with Crippen molar-refractivity contribution in [2.24, 2.45) is 39.9 Å². The fourth-order valence-corrected chi connectivity index (χ4v) is 8.15. The zero-order chi connectivity index (χ0) is 21.7. The highest BCUT2D eigenvalue weighted by Crippen LogP contribution is 2.69. The van der Waals surface area contributed by atoms with Gasteiger partial charge in [-0.1, -0.05) is 65.7 Å². The lowest BCUT2D eigenvalue weighted by Crippen LogP contribution is -2.36. The summed E-state index contributed by atoms with van der Waals surface area (Å²) in [5.41, 5.74) is 4.66. The highest BCUT2D eigenvalue weighted by atomic mass is 16.5. The third-order valence-corrected chi connectivity index (χ3v) is 10.1. The summed E-state index contributed by atoms with van der Waals surface area (Å²) in [6, 6.07) is 0. The second-order valence-electron chi connectivity index (χ2n) is 13.1. The van der Waals surface area contributed by atoms with Crippen LogP contribution in [0.1, 0.15) is 105 Å². The van der Waals surface area contributed by atoms with Crippen LogP contribution in [-0.4, -0.2) is 13.2 Å². The second kappa shape index (κ2) is 8.09. The van der Waals surface area contributed by atoms with E-state index in [9.17, 15) is 0 Å². The predicted molar refractivity (Wildman–Crippen MR) is 128 cm³/mol. The van der Waals surface area contributed by atoms with Gasteiger partial charge in [0.1, 0.15) is 0 Å². The Balaban J connectivity index is 1.40. The first-order valence-corrected chi connectivity index (χ1v) is 13.0. The van der Waals surface area contributed by atoms with Crippen LogP contribution in [0.15, 0.2) is 23.8 Å². The van der Waals surface area contributed by atoms with Crippen molar-refractivity contribution in [3.8, 4) is 0 Å². The Hall–Kier alpha value is -0.560. The van der Waals surface area contributed by atoms with Crippen molar-refractivity contribution in [3.05, 3.63) is 23.8 Å². The first-order chi connectivity index (χ1) is 14.1. The number of methoxy groups -OCH3 is 1. The highest BCUT2D eigenvalue weighted by molar-refractivity contribution is 5.35. The molecule has 0 spiro atoms. The maximum absolute atomic E-state index is 5.70. The molecule has 4 rings (SSSR count). The van der Waals surface area contributed by atoms with Crippen molar-refractivity contribution in [2.75, 3.05) is 7.11 Å². The molecule has 0 bridgehead atoms. The molecule has 7 unspecified atom stereocenters. The Morgan fingerprint density at radius 1 is 1.27 bits per heavy atom. The predicted octanol–water partition coefficient (Wildman–Crippen LogP) is 8.35. The van der Waals surface area contributed by atoms with E-state index in [1.807, 2.05) is 12.7 Å². The van der Waals surface area contributed by atoms with Crippen molar-refractivity contribution in [2.45, 2.75) is 111 Å². The molecule has 1 heteroatoms. The standard InChI is InChI=1S/C29H48O/c1-20(10-8-15-27(3,4)5)24-12-13-25-22(11-9-16-28(24,25)6)14-17-29-19-23(29)18-26(30-7)21(29)2/h14,20,23-26H,2,8-13,15-19H2,1,3-7H3/b22-14+. The molecule has 170 valence electrons. The molecule has 4 saturated carbocycles. The molecule has 0 heterocycles. The number of fused-ring (bicyclic) bond motifs is 2. The lowest BCUT2D eigenvalue weighted by atomic mass is 9.60. The van der Waals surface area contributed by atoms with Crippen LogP contribution in [0.25, 0.3) is 0 Å². The molecule has 4 aliphatic carbocycles. The lowest BCUT2D eigenvalue weighted by molar-refractivity contribution is 0.0917. The third kappa shape index (κ3) is 3.98. The molecule has 0 aromatic heterocycles. The van der Waals surface area contributed by atoms with Gasteiger partial charge in [0.2, 0.25) is 0 Å². The van der Waals surface area contributed by atoms with E-state index in [4.69, 9.17) is 4.74 Å². The van der Waals surface area contributed by atoms with Crippen LogP contribution in [0.5, 0.6) is 0 Å². The molecule has 1 nitrogen and oxygen atoms in total. The molecule has 7 atom stereocenters. The Morgan fingerprint density at radius 2 is 2.03 bits per heavy atom. The molecule has 0 N–H and O–H groups in total. The fourth-order valence-electron chi connectivity index (χ4n) is 8.15. The van der Waals surface area contributed by atoms with Gasteiger partial charge < -0.3 is 4.74 Å². The van der Waals surface area contributed by atoms with E-state index in [1.165, 1.54) is 76.2 Å². The Labute approximate surface area is 187 Å². The zero-order valence-corrected chi connectivity index (χ0v) is 20.9. The molecule has 0 aromatic carbocycles. The van der Waals surface area contributed by atoms with Gasteiger partial charge in [-0.25, -0.2) is 0 Å². The summed E-state index contributed by atoms with van der Waals surface area (Å²) in [6.07, 6.45) is 18.2. The van der Waals surface area contributed by atoms with Crippen LogP contribution in [-0.2, 0) is 4.74 Å². The van der Waals surface area contributed by atoms with E-state index in [2.05, 4.69) is 47.3 Å². The quantitative estimate of drug-likeness (QED) is 0.382. The van der Waals surface area contributed by atoms with Crippen molar-refractivity contribution >= 4 is 0 Å². The lowest BCUT2D eigenvalue weighted by Gasteiger charge is -2.44. The van der Waals surface area contributed by atoms with Crippen LogP contribution >= 0.6 is 0 Å². The highest BCUT2D eigenvalue weighted by Gasteiger charge is 2.62. The van der Waals surface area contributed by atoms with Crippen LogP contribution in [0.4, 0.5) is 0 Å². The van der Waals surface area contributed by atoms with E-state index in [0.29, 0.717) is 22.3 Å². The van der Waals surface area contributed by atoms with Gasteiger partial charge in [-0.2, -0.15) is 0 Å². The smallest absolute Gasteiger partial charge is 0.0787 e. The molecule has 0 saturated heterocycles. The minimum atomic E-state index is 0.323. The summed E-state index contributed by atoms with van der Waals surface area (Å²) in [6.45, 7) is 16.9.